The molecule has 3 rings (SSSR count). The Kier molecular flexibility index (Phi) is 5.17. The molecule has 0 unspecified atom stereocenters. The molecular weight excluding hydrogens is 302 g/mol. The zero-order valence-electron chi connectivity index (χ0n) is 14.7. The van der Waals surface area contributed by atoms with E-state index in [1.54, 1.807) is 6.20 Å². The first-order valence-corrected chi connectivity index (χ1v) is 8.70. The predicted molar refractivity (Wildman–Crippen MR) is 94.3 cm³/mol. The summed E-state index contributed by atoms with van der Waals surface area (Å²) in [5, 5.41) is 16.9. The van der Waals surface area contributed by atoms with E-state index >= 15 is 0 Å². The third-order valence-electron chi connectivity index (χ3n) is 4.71. The molecule has 2 aromatic rings. The average Bonchev–Trinajstić information content (AvgIpc) is 2.67. The topological polar surface area (TPSA) is 70.9 Å². The number of nitrogens with zero attached hydrogens (tertiary/aromatic N) is 7. The zero-order valence-corrected chi connectivity index (χ0v) is 14.7. The van der Waals surface area contributed by atoms with Gasteiger partial charge in [0, 0.05) is 32.4 Å². The van der Waals surface area contributed by atoms with Crippen LogP contribution in [0, 0.1) is 0 Å². The summed E-state index contributed by atoms with van der Waals surface area (Å²) in [5.74, 6) is 1.69. The smallest absolute Gasteiger partial charge is 0.245 e. The Labute approximate surface area is 143 Å². The number of hydrogen-bond donors (Lipinski definition) is 0. The second-order valence-electron chi connectivity index (χ2n) is 6.12. The van der Waals surface area contributed by atoms with Crippen LogP contribution in [0.25, 0.3) is 0 Å². The monoisotopic (exact) mass is 327 g/mol. The molecule has 0 aromatic carbocycles. The maximum Gasteiger partial charge on any atom is 0.245 e. The molecule has 0 aliphatic carbocycles. The maximum absolute atomic E-state index is 4.73. The van der Waals surface area contributed by atoms with Gasteiger partial charge in [0.05, 0.1) is 11.4 Å². The van der Waals surface area contributed by atoms with Crippen molar-refractivity contribution in [1.29, 1.82) is 0 Å². The van der Waals surface area contributed by atoms with E-state index in [4.69, 9.17) is 4.98 Å². The molecule has 1 aliphatic rings. The predicted octanol–water partition coefficient (Wildman–Crippen LogP) is 1.89. The molecule has 7 nitrogen and oxygen atoms in total. The van der Waals surface area contributed by atoms with E-state index in [-0.39, 0.29) is 0 Å². The van der Waals surface area contributed by atoms with Crippen molar-refractivity contribution >= 4 is 11.8 Å². The summed E-state index contributed by atoms with van der Waals surface area (Å²) in [6.07, 6.45) is 5.59. The van der Waals surface area contributed by atoms with Gasteiger partial charge in [-0.15, -0.1) is 10.2 Å². The highest BCUT2D eigenvalue weighted by Gasteiger charge is 2.25. The van der Waals surface area contributed by atoms with Gasteiger partial charge in [-0.3, -0.25) is 0 Å². The molecule has 7 heteroatoms. The zero-order chi connectivity index (χ0) is 16.9. The van der Waals surface area contributed by atoms with Crippen molar-refractivity contribution < 1.29 is 0 Å². The average molecular weight is 327 g/mol. The lowest BCUT2D eigenvalue weighted by Gasteiger charge is -2.37. The van der Waals surface area contributed by atoms with Crippen molar-refractivity contribution in [2.45, 2.75) is 45.6 Å². The molecule has 0 radical (unpaired) electrons. The van der Waals surface area contributed by atoms with Gasteiger partial charge >= 0.3 is 0 Å². The molecule has 2 aromatic heterocycles. The Balaban J connectivity index is 1.65. The molecule has 0 atom stereocenters. The van der Waals surface area contributed by atoms with Gasteiger partial charge < -0.3 is 9.80 Å². The Morgan fingerprint density at radius 2 is 1.83 bits per heavy atom. The van der Waals surface area contributed by atoms with Crippen molar-refractivity contribution in [2.24, 2.45) is 0 Å². The first-order chi connectivity index (χ1) is 11.7. The summed E-state index contributed by atoms with van der Waals surface area (Å²) in [4.78, 5) is 9.20. The molecule has 3 heterocycles. The number of piperidine rings is 1. The van der Waals surface area contributed by atoms with E-state index in [1.807, 2.05) is 12.1 Å². The van der Waals surface area contributed by atoms with Crippen LogP contribution in [0.5, 0.6) is 0 Å². The minimum Gasteiger partial charge on any atom is -0.355 e. The van der Waals surface area contributed by atoms with Crippen molar-refractivity contribution in [3.63, 3.8) is 0 Å². The van der Waals surface area contributed by atoms with Crippen molar-refractivity contribution in [3.05, 3.63) is 29.7 Å². The van der Waals surface area contributed by atoms with Crippen molar-refractivity contribution in [3.8, 4) is 0 Å². The van der Waals surface area contributed by atoms with Gasteiger partial charge in [0.1, 0.15) is 0 Å². The summed E-state index contributed by atoms with van der Waals surface area (Å²) in [7, 11) is 2.09. The Bertz CT molecular complexity index is 653. The summed E-state index contributed by atoms with van der Waals surface area (Å²) in [6, 6.07) is 4.39. The molecule has 0 amide bonds. The lowest BCUT2D eigenvalue weighted by molar-refractivity contribution is 0.472. The van der Waals surface area contributed by atoms with Crippen LogP contribution >= 0.6 is 0 Å². The van der Waals surface area contributed by atoms with E-state index in [1.165, 1.54) is 0 Å². The molecule has 24 heavy (non-hydrogen) atoms. The number of hydrogen-bond acceptors (Lipinski definition) is 7. The number of rotatable bonds is 5. The van der Waals surface area contributed by atoms with E-state index in [0.717, 1.165) is 61.9 Å². The van der Waals surface area contributed by atoms with E-state index in [2.05, 4.69) is 51.1 Å². The molecule has 0 bridgehead atoms. The third-order valence-corrected chi connectivity index (χ3v) is 4.71. The van der Waals surface area contributed by atoms with Gasteiger partial charge in [-0.05, 0) is 37.8 Å². The van der Waals surface area contributed by atoms with Crippen LogP contribution < -0.4 is 9.80 Å². The lowest BCUT2D eigenvalue weighted by atomic mass is 10.0. The molecular formula is C17H25N7. The van der Waals surface area contributed by atoms with Crippen LogP contribution in [0.4, 0.5) is 11.8 Å². The number of aryl methyl sites for hydroxylation is 2. The van der Waals surface area contributed by atoms with E-state index in [0.29, 0.717) is 6.04 Å². The Hall–Kier alpha value is -2.31. The number of anilines is 2. The van der Waals surface area contributed by atoms with Crippen LogP contribution in [-0.2, 0) is 12.8 Å². The SMILES string of the molecule is CCc1nnc(N2CCC(N(C)c3cccnn3)CC2)nc1CC. The van der Waals surface area contributed by atoms with Gasteiger partial charge in [-0.2, -0.15) is 10.2 Å². The van der Waals surface area contributed by atoms with Crippen molar-refractivity contribution in [2.75, 3.05) is 29.9 Å². The Morgan fingerprint density at radius 3 is 2.46 bits per heavy atom. The molecule has 1 fully saturated rings. The first-order valence-electron chi connectivity index (χ1n) is 8.70. The van der Waals surface area contributed by atoms with Gasteiger partial charge in [0.15, 0.2) is 5.82 Å². The highest BCUT2D eigenvalue weighted by atomic mass is 15.3. The molecule has 1 aliphatic heterocycles. The highest BCUT2D eigenvalue weighted by Crippen LogP contribution is 2.22. The molecule has 0 saturated carbocycles. The third kappa shape index (κ3) is 3.44. The van der Waals surface area contributed by atoms with Gasteiger partial charge in [0.2, 0.25) is 5.95 Å². The minimum absolute atomic E-state index is 0.464. The van der Waals surface area contributed by atoms with Gasteiger partial charge in [-0.1, -0.05) is 13.8 Å². The van der Waals surface area contributed by atoms with Gasteiger partial charge in [-0.25, -0.2) is 4.98 Å². The fraction of sp³-hybridized carbons (Fsp3) is 0.588. The van der Waals surface area contributed by atoms with Crippen LogP contribution in [0.15, 0.2) is 18.3 Å². The number of aromatic nitrogens is 5. The summed E-state index contributed by atoms with van der Waals surface area (Å²) >= 11 is 0. The Morgan fingerprint density at radius 1 is 1.08 bits per heavy atom. The summed E-state index contributed by atoms with van der Waals surface area (Å²) < 4.78 is 0. The fourth-order valence-electron chi connectivity index (χ4n) is 3.18. The highest BCUT2D eigenvalue weighted by molar-refractivity contribution is 5.38. The van der Waals surface area contributed by atoms with Gasteiger partial charge in [0.25, 0.3) is 0 Å². The van der Waals surface area contributed by atoms with E-state index < -0.39 is 0 Å². The fourth-order valence-corrected chi connectivity index (χ4v) is 3.18. The van der Waals surface area contributed by atoms with E-state index in [9.17, 15) is 0 Å². The normalized spacial score (nSPS) is 15.5. The van der Waals surface area contributed by atoms with Crippen LogP contribution in [0.1, 0.15) is 38.1 Å². The van der Waals surface area contributed by atoms with Crippen LogP contribution in [0.3, 0.4) is 0 Å². The largest absolute Gasteiger partial charge is 0.355 e. The standard InChI is InChI=1S/C17H25N7/c1-4-14-15(5-2)20-22-17(19-14)24-11-8-13(9-12-24)23(3)16-7-6-10-18-21-16/h6-7,10,13H,4-5,8-9,11-12H2,1-3H3. The summed E-state index contributed by atoms with van der Waals surface area (Å²) in [5.41, 5.74) is 2.08. The maximum atomic E-state index is 4.73. The first kappa shape index (κ1) is 16.5. The molecule has 128 valence electrons. The van der Waals surface area contributed by atoms with Crippen molar-refractivity contribution in [1.82, 2.24) is 25.4 Å². The second kappa shape index (κ2) is 7.51. The van der Waals surface area contributed by atoms with Crippen LogP contribution in [0.2, 0.25) is 0 Å². The second-order valence-corrected chi connectivity index (χ2v) is 6.12. The molecule has 1 saturated heterocycles. The minimum atomic E-state index is 0.464. The molecule has 0 N–H and O–H groups in total. The molecule has 0 spiro atoms. The summed E-state index contributed by atoms with van der Waals surface area (Å²) in [6.45, 7) is 6.09. The lowest BCUT2D eigenvalue weighted by Crippen LogP contribution is -2.44. The van der Waals surface area contributed by atoms with Crippen LogP contribution in [-0.4, -0.2) is 51.6 Å². The quantitative estimate of drug-likeness (QED) is 0.830.